The fourth-order valence-electron chi connectivity index (χ4n) is 1.08. The lowest BCUT2D eigenvalue weighted by Crippen LogP contribution is -1.75. The van der Waals surface area contributed by atoms with Gasteiger partial charge in [0.05, 0.1) is 0 Å². The van der Waals surface area contributed by atoms with Crippen LogP contribution in [-0.4, -0.2) is 0 Å². The molecule has 0 fully saturated rings. The third-order valence-electron chi connectivity index (χ3n) is 1.61. The van der Waals surface area contributed by atoms with E-state index in [0.717, 1.165) is 6.42 Å². The van der Waals surface area contributed by atoms with Crippen molar-refractivity contribution in [1.29, 1.82) is 0 Å². The minimum Gasteiger partial charge on any atom is -0.144 e. The smallest absolute Gasteiger partial charge is 0.0305 e. The van der Waals surface area contributed by atoms with Gasteiger partial charge in [0.2, 0.25) is 0 Å². The summed E-state index contributed by atoms with van der Waals surface area (Å²) >= 11 is 1.81. The van der Waals surface area contributed by atoms with Gasteiger partial charge in [-0.25, -0.2) is 0 Å². The summed E-state index contributed by atoms with van der Waals surface area (Å²) in [6.45, 7) is 12.0. The van der Waals surface area contributed by atoms with E-state index in [4.69, 9.17) is 0 Å². The molecule has 1 aliphatic rings. The normalized spacial score (nSPS) is 10.4. The van der Waals surface area contributed by atoms with Crippen molar-refractivity contribution in [3.05, 3.63) is 40.1 Å². The summed E-state index contributed by atoms with van der Waals surface area (Å²) in [5.74, 6) is 0. The van der Waals surface area contributed by atoms with Crippen LogP contribution >= 0.6 is 11.3 Å². The topological polar surface area (TPSA) is 0 Å². The van der Waals surface area contributed by atoms with Crippen molar-refractivity contribution in [1.82, 2.24) is 0 Å². The summed E-state index contributed by atoms with van der Waals surface area (Å²) in [6.07, 6.45) is 9.65. The lowest BCUT2D eigenvalue weighted by Gasteiger charge is -1.89. The van der Waals surface area contributed by atoms with Crippen LogP contribution in [0.5, 0.6) is 0 Å². The maximum Gasteiger partial charge on any atom is 0.0305 e. The second-order valence-corrected chi connectivity index (χ2v) is 3.25. The van der Waals surface area contributed by atoms with E-state index in [9.17, 15) is 0 Å². The zero-order chi connectivity index (χ0) is 12.8. The summed E-state index contributed by atoms with van der Waals surface area (Å²) < 4.78 is 0. The van der Waals surface area contributed by atoms with Gasteiger partial charge in [-0.2, -0.15) is 0 Å². The Morgan fingerprint density at radius 1 is 0.938 bits per heavy atom. The Morgan fingerprint density at radius 2 is 1.56 bits per heavy atom. The molecule has 0 amide bonds. The largest absolute Gasteiger partial charge is 0.144 e. The zero-order valence-electron chi connectivity index (χ0n) is 11.6. The van der Waals surface area contributed by atoms with E-state index in [1.54, 1.807) is 0 Å². The van der Waals surface area contributed by atoms with E-state index in [0.29, 0.717) is 0 Å². The first-order valence-corrected chi connectivity index (χ1v) is 7.24. The lowest BCUT2D eigenvalue weighted by atomic mass is 10.2. The molecule has 0 N–H and O–H groups in total. The Bertz CT molecular complexity index is 279. The third-order valence-corrected chi connectivity index (χ3v) is 2.54. The average molecular weight is 238 g/mol. The molecule has 2 rings (SSSR count). The molecule has 92 valence electrons. The molecule has 1 aliphatic carbocycles. The molecule has 0 aliphatic heterocycles. The number of thiophene rings is 1. The third kappa shape index (κ3) is 6.62. The van der Waals surface area contributed by atoms with Gasteiger partial charge in [0.15, 0.2) is 0 Å². The molecule has 1 aromatic rings. The van der Waals surface area contributed by atoms with Crippen molar-refractivity contribution in [2.75, 3.05) is 0 Å². The highest BCUT2D eigenvalue weighted by molar-refractivity contribution is 7.11. The molecule has 0 atom stereocenters. The van der Waals surface area contributed by atoms with Gasteiger partial charge < -0.3 is 0 Å². The molecular formula is C15H26S. The Kier molecular flexibility index (Phi) is 15.6. The van der Waals surface area contributed by atoms with Crippen LogP contribution in [-0.2, 0) is 6.42 Å². The molecule has 0 aromatic carbocycles. The van der Waals surface area contributed by atoms with Crippen LogP contribution in [0.4, 0.5) is 0 Å². The van der Waals surface area contributed by atoms with Gasteiger partial charge in [0.1, 0.15) is 0 Å². The summed E-state index contributed by atoms with van der Waals surface area (Å²) in [5.41, 5.74) is 1.45. The Labute approximate surface area is 106 Å². The molecule has 1 heteroatoms. The monoisotopic (exact) mass is 238 g/mol. The SMILES string of the molecule is C1=CCc2ccsc2C=C1.CC.CC.CC. The van der Waals surface area contributed by atoms with Gasteiger partial charge in [-0.15, -0.1) is 11.3 Å². The van der Waals surface area contributed by atoms with Crippen LogP contribution < -0.4 is 0 Å². The molecule has 16 heavy (non-hydrogen) atoms. The van der Waals surface area contributed by atoms with Crippen molar-refractivity contribution in [2.45, 2.75) is 48.0 Å². The van der Waals surface area contributed by atoms with E-state index in [1.807, 2.05) is 52.9 Å². The lowest BCUT2D eigenvalue weighted by molar-refractivity contribution is 1.30. The molecule has 0 bridgehead atoms. The van der Waals surface area contributed by atoms with Gasteiger partial charge in [0, 0.05) is 4.88 Å². The van der Waals surface area contributed by atoms with Crippen molar-refractivity contribution < 1.29 is 0 Å². The molecule has 0 unspecified atom stereocenters. The number of allylic oxidation sites excluding steroid dienone is 3. The van der Waals surface area contributed by atoms with E-state index >= 15 is 0 Å². The predicted molar refractivity (Wildman–Crippen MR) is 80.2 cm³/mol. The molecule has 0 saturated heterocycles. The highest BCUT2D eigenvalue weighted by Gasteiger charge is 1.99. The van der Waals surface area contributed by atoms with E-state index < -0.39 is 0 Å². The van der Waals surface area contributed by atoms with E-state index in [-0.39, 0.29) is 0 Å². The second kappa shape index (κ2) is 14.2. The van der Waals surface area contributed by atoms with Gasteiger partial charge in [0.25, 0.3) is 0 Å². The molecule has 0 spiro atoms. The number of fused-ring (bicyclic) bond motifs is 1. The van der Waals surface area contributed by atoms with Gasteiger partial charge in [-0.3, -0.25) is 0 Å². The molecule has 0 saturated carbocycles. The minimum atomic E-state index is 1.09. The van der Waals surface area contributed by atoms with Crippen molar-refractivity contribution in [2.24, 2.45) is 0 Å². The zero-order valence-corrected chi connectivity index (χ0v) is 12.4. The molecule has 1 aromatic heterocycles. The fourth-order valence-corrected chi connectivity index (χ4v) is 1.92. The number of hydrogen-bond acceptors (Lipinski definition) is 1. The second-order valence-electron chi connectivity index (χ2n) is 2.30. The van der Waals surface area contributed by atoms with Crippen molar-refractivity contribution in [3.63, 3.8) is 0 Å². The van der Waals surface area contributed by atoms with Gasteiger partial charge in [-0.1, -0.05) is 59.8 Å². The van der Waals surface area contributed by atoms with Crippen molar-refractivity contribution in [3.8, 4) is 0 Å². The maximum absolute atomic E-state index is 2.19. The Hall–Kier alpha value is -0.820. The highest BCUT2D eigenvalue weighted by atomic mass is 32.1. The van der Waals surface area contributed by atoms with Crippen LogP contribution in [0.3, 0.4) is 0 Å². The molecular weight excluding hydrogens is 212 g/mol. The first-order valence-electron chi connectivity index (χ1n) is 6.36. The van der Waals surface area contributed by atoms with E-state index in [1.165, 1.54) is 10.4 Å². The van der Waals surface area contributed by atoms with Gasteiger partial charge >= 0.3 is 0 Å². The Balaban J connectivity index is 0. The van der Waals surface area contributed by atoms with Crippen molar-refractivity contribution >= 4 is 17.4 Å². The van der Waals surface area contributed by atoms with Crippen LogP contribution in [0.25, 0.3) is 6.08 Å². The summed E-state index contributed by atoms with van der Waals surface area (Å²) in [7, 11) is 0. The Morgan fingerprint density at radius 3 is 2.19 bits per heavy atom. The number of rotatable bonds is 0. The summed E-state index contributed by atoms with van der Waals surface area (Å²) in [5, 5.41) is 2.15. The predicted octanol–water partition coefficient (Wildman–Crippen LogP) is 5.95. The van der Waals surface area contributed by atoms with E-state index in [2.05, 4.69) is 35.8 Å². The standard InChI is InChI=1S/C9H8S.3C2H6/c1-2-4-8-6-7-10-9(8)5-3-1;3*1-2/h1-3,5-7H,4H2;3*1-2H3. The fraction of sp³-hybridized carbons (Fsp3) is 0.467. The van der Waals surface area contributed by atoms with Crippen LogP contribution in [0.2, 0.25) is 0 Å². The summed E-state index contributed by atoms with van der Waals surface area (Å²) in [6, 6.07) is 2.19. The molecule has 1 heterocycles. The quantitative estimate of drug-likeness (QED) is 0.523. The highest BCUT2D eigenvalue weighted by Crippen LogP contribution is 2.20. The first-order chi connectivity index (χ1) is 7.97. The maximum atomic E-state index is 2.19. The van der Waals surface area contributed by atoms with Crippen LogP contribution in [0.1, 0.15) is 52.0 Å². The van der Waals surface area contributed by atoms with Crippen LogP contribution in [0, 0.1) is 0 Å². The van der Waals surface area contributed by atoms with Crippen LogP contribution in [0.15, 0.2) is 29.7 Å². The van der Waals surface area contributed by atoms with Gasteiger partial charge in [-0.05, 0) is 29.5 Å². The number of hydrogen-bond donors (Lipinski definition) is 0. The molecule has 0 nitrogen and oxygen atoms in total. The average Bonchev–Trinajstić information content (AvgIpc) is 2.73. The minimum absolute atomic E-state index is 1.09. The first kappa shape index (κ1) is 17.6. The summed E-state index contributed by atoms with van der Waals surface area (Å²) in [4.78, 5) is 1.41. The molecule has 0 radical (unpaired) electrons.